The first-order valence-corrected chi connectivity index (χ1v) is 5.60. The van der Waals surface area contributed by atoms with Gasteiger partial charge in [0.05, 0.1) is 0 Å². The smallest absolute Gasteiger partial charge is 0.349 e. The SMILES string of the molecule is CC(C)(C)OC(=O)C(Cl)=CC1CC1(C)C. The first-order chi connectivity index (χ1) is 6.62. The van der Waals surface area contributed by atoms with Gasteiger partial charge in [0.25, 0.3) is 0 Å². The van der Waals surface area contributed by atoms with Crippen LogP contribution >= 0.6 is 11.6 Å². The average Bonchev–Trinajstić information content (AvgIpc) is 2.54. The van der Waals surface area contributed by atoms with Crippen LogP contribution in [-0.4, -0.2) is 11.6 Å². The highest BCUT2D eigenvalue weighted by Crippen LogP contribution is 2.53. The molecule has 86 valence electrons. The van der Waals surface area contributed by atoms with Gasteiger partial charge in [0.1, 0.15) is 10.6 Å². The molecule has 1 atom stereocenters. The maximum atomic E-state index is 11.5. The summed E-state index contributed by atoms with van der Waals surface area (Å²) in [5.74, 6) is -0.00983. The summed E-state index contributed by atoms with van der Waals surface area (Å²) in [5.41, 5.74) is -0.188. The van der Waals surface area contributed by atoms with E-state index in [1.807, 2.05) is 26.8 Å². The Morgan fingerprint density at radius 3 is 2.27 bits per heavy atom. The van der Waals surface area contributed by atoms with Crippen molar-refractivity contribution in [1.29, 1.82) is 0 Å². The maximum Gasteiger partial charge on any atom is 0.349 e. The number of halogens is 1. The molecular formula is C12H19ClO2. The number of allylic oxidation sites excluding steroid dienone is 1. The zero-order valence-electron chi connectivity index (χ0n) is 10.1. The molecule has 0 aromatic carbocycles. The fraction of sp³-hybridized carbons (Fsp3) is 0.750. The summed E-state index contributed by atoms with van der Waals surface area (Å²) in [6, 6.07) is 0. The lowest BCUT2D eigenvalue weighted by Gasteiger charge is -2.19. The quantitative estimate of drug-likeness (QED) is 0.536. The highest BCUT2D eigenvalue weighted by molar-refractivity contribution is 6.41. The van der Waals surface area contributed by atoms with Crippen LogP contribution in [0.2, 0.25) is 0 Å². The van der Waals surface area contributed by atoms with Crippen LogP contribution in [0.25, 0.3) is 0 Å². The lowest BCUT2D eigenvalue weighted by Crippen LogP contribution is -2.23. The van der Waals surface area contributed by atoms with Crippen molar-refractivity contribution in [3.63, 3.8) is 0 Å². The predicted molar refractivity (Wildman–Crippen MR) is 61.7 cm³/mol. The van der Waals surface area contributed by atoms with Gasteiger partial charge in [-0.2, -0.15) is 0 Å². The number of carbonyl (C=O) groups excluding carboxylic acids is 1. The number of ether oxygens (including phenoxy) is 1. The van der Waals surface area contributed by atoms with E-state index < -0.39 is 11.6 Å². The predicted octanol–water partition coefficient (Wildman–Crippen LogP) is 3.50. The van der Waals surface area contributed by atoms with Gasteiger partial charge in [-0.1, -0.05) is 31.5 Å². The Kier molecular flexibility index (Phi) is 3.20. The highest BCUT2D eigenvalue weighted by atomic mass is 35.5. The first-order valence-electron chi connectivity index (χ1n) is 5.22. The second-order valence-electron chi connectivity index (χ2n) is 5.82. The highest BCUT2D eigenvalue weighted by Gasteiger charge is 2.44. The zero-order chi connectivity index (χ0) is 11.9. The van der Waals surface area contributed by atoms with Crippen LogP contribution in [0.5, 0.6) is 0 Å². The summed E-state index contributed by atoms with van der Waals surface area (Å²) in [6.07, 6.45) is 2.90. The molecule has 2 nitrogen and oxygen atoms in total. The van der Waals surface area contributed by atoms with E-state index in [0.717, 1.165) is 6.42 Å². The molecule has 0 aromatic heterocycles. The standard InChI is InChI=1S/C12H19ClO2/c1-11(2,3)15-10(14)9(13)6-8-7-12(8,4)5/h6,8H,7H2,1-5H3. The van der Waals surface area contributed by atoms with E-state index in [0.29, 0.717) is 11.3 Å². The Morgan fingerprint density at radius 1 is 1.47 bits per heavy atom. The molecule has 1 unspecified atom stereocenters. The van der Waals surface area contributed by atoms with Crippen molar-refractivity contribution in [3.8, 4) is 0 Å². The van der Waals surface area contributed by atoms with Crippen molar-refractivity contribution in [2.45, 2.75) is 46.6 Å². The summed E-state index contributed by atoms with van der Waals surface area (Å²) >= 11 is 5.89. The van der Waals surface area contributed by atoms with Crippen LogP contribution in [0.3, 0.4) is 0 Å². The topological polar surface area (TPSA) is 26.3 Å². The third-order valence-electron chi connectivity index (χ3n) is 2.53. The van der Waals surface area contributed by atoms with Crippen LogP contribution in [0.1, 0.15) is 41.0 Å². The third kappa shape index (κ3) is 3.86. The van der Waals surface area contributed by atoms with E-state index in [1.54, 1.807) is 0 Å². The van der Waals surface area contributed by atoms with E-state index >= 15 is 0 Å². The lowest BCUT2D eigenvalue weighted by molar-refractivity contribution is -0.149. The molecule has 3 heteroatoms. The monoisotopic (exact) mass is 230 g/mol. The molecule has 0 N–H and O–H groups in total. The summed E-state index contributed by atoms with van der Waals surface area (Å²) in [4.78, 5) is 11.5. The van der Waals surface area contributed by atoms with Gasteiger partial charge in [-0.3, -0.25) is 0 Å². The number of esters is 1. The molecule has 0 aromatic rings. The van der Waals surface area contributed by atoms with E-state index in [-0.39, 0.29) is 5.03 Å². The molecule has 1 saturated carbocycles. The van der Waals surface area contributed by atoms with E-state index in [2.05, 4.69) is 13.8 Å². The molecule has 1 rings (SSSR count). The van der Waals surface area contributed by atoms with Crippen LogP contribution in [0, 0.1) is 11.3 Å². The molecule has 0 aliphatic heterocycles. The molecule has 1 aliphatic rings. The number of rotatable bonds is 2. The summed E-state index contributed by atoms with van der Waals surface area (Å²) in [7, 11) is 0. The van der Waals surface area contributed by atoms with Gasteiger partial charge in [0.15, 0.2) is 0 Å². The summed E-state index contributed by atoms with van der Waals surface area (Å²) < 4.78 is 5.16. The fourth-order valence-electron chi connectivity index (χ4n) is 1.36. The van der Waals surface area contributed by atoms with E-state index in [1.165, 1.54) is 0 Å². The fourth-order valence-corrected chi connectivity index (χ4v) is 1.55. The largest absolute Gasteiger partial charge is 0.456 e. The van der Waals surface area contributed by atoms with Crippen molar-refractivity contribution >= 4 is 17.6 Å². The minimum absolute atomic E-state index is 0.209. The molecule has 1 aliphatic carbocycles. The summed E-state index contributed by atoms with van der Waals surface area (Å²) in [6.45, 7) is 9.81. The summed E-state index contributed by atoms with van der Waals surface area (Å²) in [5, 5.41) is 0.209. The molecule has 0 spiro atoms. The lowest BCUT2D eigenvalue weighted by atomic mass is 10.1. The molecule has 15 heavy (non-hydrogen) atoms. The van der Waals surface area contributed by atoms with Crippen LogP contribution in [0.15, 0.2) is 11.1 Å². The van der Waals surface area contributed by atoms with Crippen molar-refractivity contribution in [2.75, 3.05) is 0 Å². The molecule has 0 bridgehead atoms. The molecule has 1 fully saturated rings. The Hall–Kier alpha value is -0.500. The molecule has 0 radical (unpaired) electrons. The van der Waals surface area contributed by atoms with Gasteiger partial charge in [-0.05, 0) is 38.5 Å². The van der Waals surface area contributed by atoms with Crippen molar-refractivity contribution in [2.24, 2.45) is 11.3 Å². The minimum atomic E-state index is -0.482. The van der Waals surface area contributed by atoms with Crippen molar-refractivity contribution < 1.29 is 9.53 Å². The van der Waals surface area contributed by atoms with E-state index in [9.17, 15) is 4.79 Å². The Labute approximate surface area is 96.6 Å². The molecular weight excluding hydrogens is 212 g/mol. The van der Waals surface area contributed by atoms with Gasteiger partial charge < -0.3 is 4.74 Å². The number of hydrogen-bond acceptors (Lipinski definition) is 2. The van der Waals surface area contributed by atoms with Gasteiger partial charge in [-0.25, -0.2) is 4.79 Å². The molecule has 0 heterocycles. The number of hydrogen-bond donors (Lipinski definition) is 0. The number of carbonyl (C=O) groups is 1. The van der Waals surface area contributed by atoms with Crippen molar-refractivity contribution in [1.82, 2.24) is 0 Å². The second kappa shape index (κ2) is 3.82. The van der Waals surface area contributed by atoms with E-state index in [4.69, 9.17) is 16.3 Å². The Balaban J connectivity index is 2.54. The van der Waals surface area contributed by atoms with Crippen molar-refractivity contribution in [3.05, 3.63) is 11.1 Å². The van der Waals surface area contributed by atoms with Crippen LogP contribution < -0.4 is 0 Å². The molecule has 0 amide bonds. The Morgan fingerprint density at radius 2 is 1.93 bits per heavy atom. The normalized spacial score (nSPS) is 24.9. The minimum Gasteiger partial charge on any atom is -0.456 e. The van der Waals surface area contributed by atoms with Crippen LogP contribution in [-0.2, 0) is 9.53 Å². The average molecular weight is 231 g/mol. The molecule has 0 saturated heterocycles. The van der Waals surface area contributed by atoms with Crippen LogP contribution in [0.4, 0.5) is 0 Å². The maximum absolute atomic E-state index is 11.5. The third-order valence-corrected chi connectivity index (χ3v) is 2.81. The van der Waals surface area contributed by atoms with Gasteiger partial charge >= 0.3 is 5.97 Å². The zero-order valence-corrected chi connectivity index (χ0v) is 10.8. The van der Waals surface area contributed by atoms with Gasteiger partial charge in [0.2, 0.25) is 0 Å². The second-order valence-corrected chi connectivity index (χ2v) is 6.22. The van der Waals surface area contributed by atoms with Gasteiger partial charge in [-0.15, -0.1) is 0 Å². The Bertz CT molecular complexity index is 297. The first kappa shape index (κ1) is 12.6. The van der Waals surface area contributed by atoms with Gasteiger partial charge in [0, 0.05) is 0 Å².